The molecule has 3 nitrogen and oxygen atoms in total. The Morgan fingerprint density at radius 2 is 2.00 bits per heavy atom. The van der Waals surface area contributed by atoms with Crippen LogP contribution in [0.5, 0.6) is 0 Å². The van der Waals surface area contributed by atoms with Gasteiger partial charge in [-0.15, -0.1) is 0 Å². The third-order valence-corrected chi connectivity index (χ3v) is 3.51. The molecule has 1 aliphatic heterocycles. The number of aliphatic hydroxyl groups is 1. The van der Waals surface area contributed by atoms with Gasteiger partial charge in [-0.25, -0.2) is 0 Å². The summed E-state index contributed by atoms with van der Waals surface area (Å²) in [5.74, 6) is 0. The minimum atomic E-state index is -0.413. The van der Waals surface area contributed by atoms with Gasteiger partial charge in [0.05, 0.1) is 6.10 Å². The van der Waals surface area contributed by atoms with Crippen molar-refractivity contribution < 1.29 is 5.11 Å². The number of benzene rings is 1. The lowest BCUT2D eigenvalue weighted by atomic mass is 9.93. The molecule has 0 aliphatic carbocycles. The molecule has 1 aromatic rings. The van der Waals surface area contributed by atoms with E-state index in [-0.39, 0.29) is 0 Å². The smallest absolute Gasteiger partial charge is 0.0916 e. The molecular formula is C14H22N2O. The molecule has 1 saturated heterocycles. The van der Waals surface area contributed by atoms with E-state index in [0.29, 0.717) is 12.0 Å². The maximum atomic E-state index is 10.2. The Hall–Kier alpha value is -1.06. The van der Waals surface area contributed by atoms with E-state index in [2.05, 4.69) is 18.7 Å². The van der Waals surface area contributed by atoms with Gasteiger partial charge in [-0.1, -0.05) is 26.0 Å². The first-order valence-electron chi connectivity index (χ1n) is 6.22. The molecule has 0 spiro atoms. The molecule has 1 aromatic carbocycles. The SMILES string of the molecule is CC1(C)CCN(CC(O)c2ccc(N)cc2)C1. The van der Waals surface area contributed by atoms with Crippen LogP contribution in [-0.4, -0.2) is 29.6 Å². The van der Waals surface area contributed by atoms with Gasteiger partial charge in [0.15, 0.2) is 0 Å². The van der Waals surface area contributed by atoms with E-state index in [0.717, 1.165) is 24.3 Å². The lowest BCUT2D eigenvalue weighted by Crippen LogP contribution is -2.28. The number of hydrogen-bond donors (Lipinski definition) is 2. The molecule has 0 saturated carbocycles. The quantitative estimate of drug-likeness (QED) is 0.787. The fourth-order valence-electron chi connectivity index (χ4n) is 2.45. The fourth-order valence-corrected chi connectivity index (χ4v) is 2.45. The van der Waals surface area contributed by atoms with E-state index in [1.807, 2.05) is 24.3 Å². The standard InChI is InChI=1S/C14H22N2O/c1-14(2)7-8-16(10-14)9-13(17)11-3-5-12(15)6-4-11/h3-6,13,17H,7-10,15H2,1-2H3. The topological polar surface area (TPSA) is 49.5 Å². The second-order valence-electron chi connectivity index (χ2n) is 5.83. The average molecular weight is 234 g/mol. The average Bonchev–Trinajstić information content (AvgIpc) is 2.59. The molecule has 0 amide bonds. The van der Waals surface area contributed by atoms with E-state index in [4.69, 9.17) is 5.73 Å². The predicted molar refractivity (Wildman–Crippen MR) is 70.7 cm³/mol. The highest BCUT2D eigenvalue weighted by atomic mass is 16.3. The predicted octanol–water partition coefficient (Wildman–Crippen LogP) is 2.03. The van der Waals surface area contributed by atoms with Gasteiger partial charge < -0.3 is 10.8 Å². The largest absolute Gasteiger partial charge is 0.399 e. The molecule has 3 N–H and O–H groups in total. The van der Waals surface area contributed by atoms with Crippen LogP contribution >= 0.6 is 0 Å². The van der Waals surface area contributed by atoms with Crippen molar-refractivity contribution in [2.45, 2.75) is 26.4 Å². The van der Waals surface area contributed by atoms with Crippen LogP contribution in [0.4, 0.5) is 5.69 Å². The van der Waals surface area contributed by atoms with Crippen LogP contribution < -0.4 is 5.73 Å². The van der Waals surface area contributed by atoms with Gasteiger partial charge in [0.1, 0.15) is 0 Å². The molecule has 0 aromatic heterocycles. The fraction of sp³-hybridized carbons (Fsp3) is 0.571. The second kappa shape index (κ2) is 4.67. The van der Waals surface area contributed by atoms with Gasteiger partial charge in [0, 0.05) is 18.8 Å². The van der Waals surface area contributed by atoms with Crippen LogP contribution in [0.15, 0.2) is 24.3 Å². The Morgan fingerprint density at radius 1 is 1.35 bits per heavy atom. The van der Waals surface area contributed by atoms with Crippen molar-refractivity contribution in [3.05, 3.63) is 29.8 Å². The summed E-state index contributed by atoms with van der Waals surface area (Å²) >= 11 is 0. The lowest BCUT2D eigenvalue weighted by Gasteiger charge is -2.22. The van der Waals surface area contributed by atoms with E-state index < -0.39 is 6.10 Å². The molecule has 0 radical (unpaired) electrons. The maximum absolute atomic E-state index is 10.2. The van der Waals surface area contributed by atoms with Crippen molar-refractivity contribution in [2.24, 2.45) is 5.41 Å². The molecule has 94 valence electrons. The molecule has 1 fully saturated rings. The minimum Gasteiger partial charge on any atom is -0.399 e. The number of β-amino-alcohol motifs (C(OH)–C–C–N with tert-alkyl or cyclic N) is 1. The number of likely N-dealkylation sites (tertiary alicyclic amines) is 1. The minimum absolute atomic E-state index is 0.390. The highest BCUT2D eigenvalue weighted by Crippen LogP contribution is 2.30. The number of hydrogen-bond acceptors (Lipinski definition) is 3. The van der Waals surface area contributed by atoms with Crippen LogP contribution in [0.2, 0.25) is 0 Å². The Balaban J connectivity index is 1.93. The molecule has 3 heteroatoms. The van der Waals surface area contributed by atoms with Crippen molar-refractivity contribution in [2.75, 3.05) is 25.4 Å². The van der Waals surface area contributed by atoms with Crippen LogP contribution in [0, 0.1) is 5.41 Å². The zero-order chi connectivity index (χ0) is 12.5. The summed E-state index contributed by atoms with van der Waals surface area (Å²) in [7, 11) is 0. The lowest BCUT2D eigenvalue weighted by molar-refractivity contribution is 0.121. The van der Waals surface area contributed by atoms with Crippen LogP contribution in [0.3, 0.4) is 0 Å². The van der Waals surface area contributed by atoms with Gasteiger partial charge >= 0.3 is 0 Å². The summed E-state index contributed by atoms with van der Waals surface area (Å²) < 4.78 is 0. The first kappa shape index (κ1) is 12.4. The zero-order valence-corrected chi connectivity index (χ0v) is 10.7. The van der Waals surface area contributed by atoms with Crippen LogP contribution in [-0.2, 0) is 0 Å². The molecule has 1 heterocycles. The third-order valence-electron chi connectivity index (χ3n) is 3.51. The highest BCUT2D eigenvalue weighted by molar-refractivity contribution is 5.39. The van der Waals surface area contributed by atoms with Crippen molar-refractivity contribution in [1.29, 1.82) is 0 Å². The normalized spacial score (nSPS) is 21.6. The molecule has 1 aliphatic rings. The van der Waals surface area contributed by atoms with E-state index >= 15 is 0 Å². The highest BCUT2D eigenvalue weighted by Gasteiger charge is 2.30. The van der Waals surface area contributed by atoms with Crippen molar-refractivity contribution in [3.8, 4) is 0 Å². The molecular weight excluding hydrogens is 212 g/mol. The summed E-state index contributed by atoms with van der Waals surface area (Å²) in [6.45, 7) is 7.43. The molecule has 1 unspecified atom stereocenters. The number of aliphatic hydroxyl groups excluding tert-OH is 1. The molecule has 0 bridgehead atoms. The first-order chi connectivity index (χ1) is 7.96. The number of anilines is 1. The monoisotopic (exact) mass is 234 g/mol. The van der Waals surface area contributed by atoms with Gasteiger partial charge in [0.2, 0.25) is 0 Å². The molecule has 2 rings (SSSR count). The van der Waals surface area contributed by atoms with Crippen LogP contribution in [0.25, 0.3) is 0 Å². The van der Waals surface area contributed by atoms with Crippen molar-refractivity contribution in [1.82, 2.24) is 4.90 Å². The summed E-state index contributed by atoms with van der Waals surface area (Å²) in [4.78, 5) is 2.33. The summed E-state index contributed by atoms with van der Waals surface area (Å²) in [6.07, 6.45) is 0.797. The van der Waals surface area contributed by atoms with Gasteiger partial charge in [-0.3, -0.25) is 4.90 Å². The Morgan fingerprint density at radius 3 is 2.53 bits per heavy atom. The van der Waals surface area contributed by atoms with E-state index in [1.165, 1.54) is 6.42 Å². The first-order valence-corrected chi connectivity index (χ1v) is 6.22. The van der Waals surface area contributed by atoms with Crippen molar-refractivity contribution in [3.63, 3.8) is 0 Å². The Bertz CT molecular complexity index is 372. The summed E-state index contributed by atoms with van der Waals surface area (Å²) in [5.41, 5.74) is 7.71. The third kappa shape index (κ3) is 3.20. The van der Waals surface area contributed by atoms with Gasteiger partial charge in [-0.05, 0) is 36.1 Å². The number of nitrogens with zero attached hydrogens (tertiary/aromatic N) is 1. The van der Waals surface area contributed by atoms with Gasteiger partial charge in [-0.2, -0.15) is 0 Å². The van der Waals surface area contributed by atoms with Gasteiger partial charge in [0.25, 0.3) is 0 Å². The number of rotatable bonds is 3. The summed E-state index contributed by atoms with van der Waals surface area (Å²) in [5, 5.41) is 10.2. The molecule has 17 heavy (non-hydrogen) atoms. The van der Waals surface area contributed by atoms with E-state index in [1.54, 1.807) is 0 Å². The number of nitrogen functional groups attached to an aromatic ring is 1. The molecule has 1 atom stereocenters. The Labute approximate surface area is 103 Å². The zero-order valence-electron chi connectivity index (χ0n) is 10.7. The number of nitrogens with two attached hydrogens (primary N) is 1. The Kier molecular flexibility index (Phi) is 3.40. The van der Waals surface area contributed by atoms with E-state index in [9.17, 15) is 5.11 Å². The van der Waals surface area contributed by atoms with Crippen molar-refractivity contribution >= 4 is 5.69 Å². The summed E-state index contributed by atoms with van der Waals surface area (Å²) in [6, 6.07) is 7.49. The second-order valence-corrected chi connectivity index (χ2v) is 5.83. The van der Waals surface area contributed by atoms with Crippen LogP contribution in [0.1, 0.15) is 31.9 Å². The maximum Gasteiger partial charge on any atom is 0.0916 e.